The topological polar surface area (TPSA) is 42.4 Å². The number of halogens is 1. The highest BCUT2D eigenvalue weighted by Crippen LogP contribution is 2.21. The molecule has 2 heterocycles. The Hall–Kier alpha value is -2.79. The van der Waals surface area contributed by atoms with E-state index in [1.807, 2.05) is 36.4 Å². The first kappa shape index (κ1) is 17.6. The molecule has 4 nitrogen and oxygen atoms in total. The Morgan fingerprint density at radius 2 is 2.07 bits per heavy atom. The molecule has 0 N–H and O–H groups in total. The van der Waals surface area contributed by atoms with Gasteiger partial charge in [-0.1, -0.05) is 36.4 Å². The van der Waals surface area contributed by atoms with Crippen LogP contribution in [0.25, 0.3) is 10.8 Å². The third-order valence-electron chi connectivity index (χ3n) is 4.87. The Balaban J connectivity index is 1.66. The van der Waals surface area contributed by atoms with Crippen molar-refractivity contribution in [3.63, 3.8) is 0 Å². The molecule has 5 heteroatoms. The third kappa shape index (κ3) is 3.98. The van der Waals surface area contributed by atoms with Crippen molar-refractivity contribution in [1.82, 2.24) is 9.88 Å². The summed E-state index contributed by atoms with van der Waals surface area (Å²) < 4.78 is 19.3. The Morgan fingerprint density at radius 1 is 1.19 bits per heavy atom. The fraction of sp³-hybridized carbons (Fsp3) is 0.273. The Bertz CT molecular complexity index is 948. The van der Waals surface area contributed by atoms with Crippen LogP contribution in [0.3, 0.4) is 0 Å². The number of hydrogen-bond donors (Lipinski definition) is 0. The lowest BCUT2D eigenvalue weighted by atomic mass is 10.1. The number of hydrogen-bond acceptors (Lipinski definition) is 3. The molecule has 0 bridgehead atoms. The molecule has 27 heavy (non-hydrogen) atoms. The first-order valence-electron chi connectivity index (χ1n) is 9.20. The van der Waals surface area contributed by atoms with Gasteiger partial charge in [0.05, 0.1) is 6.10 Å². The first-order chi connectivity index (χ1) is 13.2. The summed E-state index contributed by atoms with van der Waals surface area (Å²) in [5, 5.41) is 1.79. The van der Waals surface area contributed by atoms with Crippen molar-refractivity contribution < 1.29 is 13.9 Å². The van der Waals surface area contributed by atoms with E-state index in [2.05, 4.69) is 4.98 Å². The van der Waals surface area contributed by atoms with E-state index in [0.29, 0.717) is 18.8 Å². The lowest BCUT2D eigenvalue weighted by molar-refractivity contribution is 0.0504. The van der Waals surface area contributed by atoms with Gasteiger partial charge in [0, 0.05) is 31.3 Å². The standard InChI is InChI=1S/C22H21FN2O2/c23-18-7-3-5-16(13-18)14-25(15-19-8-4-12-27-19)22(26)21-20-9-2-1-6-17(20)10-11-24-21/h1-3,5-7,9-11,13,19H,4,8,12,14-15H2/t19-/m1/s1. The molecular weight excluding hydrogens is 343 g/mol. The van der Waals surface area contributed by atoms with E-state index in [9.17, 15) is 9.18 Å². The first-order valence-corrected chi connectivity index (χ1v) is 9.20. The number of ether oxygens (including phenoxy) is 1. The van der Waals surface area contributed by atoms with Gasteiger partial charge in [0.1, 0.15) is 11.5 Å². The minimum atomic E-state index is -0.305. The second-order valence-corrected chi connectivity index (χ2v) is 6.83. The van der Waals surface area contributed by atoms with Crippen molar-refractivity contribution in [2.24, 2.45) is 0 Å². The summed E-state index contributed by atoms with van der Waals surface area (Å²) in [7, 11) is 0. The molecule has 1 amide bonds. The molecule has 4 rings (SSSR count). The number of pyridine rings is 1. The molecule has 0 spiro atoms. The SMILES string of the molecule is O=C(c1nccc2ccccc12)N(Cc1cccc(F)c1)C[C@H]1CCCO1. The monoisotopic (exact) mass is 364 g/mol. The zero-order chi connectivity index (χ0) is 18.6. The maximum absolute atomic E-state index is 13.6. The highest BCUT2D eigenvalue weighted by atomic mass is 19.1. The summed E-state index contributed by atoms with van der Waals surface area (Å²) in [5.74, 6) is -0.466. The van der Waals surface area contributed by atoms with Crippen molar-refractivity contribution in [1.29, 1.82) is 0 Å². The van der Waals surface area contributed by atoms with E-state index in [1.54, 1.807) is 17.2 Å². The zero-order valence-electron chi connectivity index (χ0n) is 15.0. The summed E-state index contributed by atoms with van der Waals surface area (Å²) in [6.07, 6.45) is 3.59. The quantitative estimate of drug-likeness (QED) is 0.682. The van der Waals surface area contributed by atoms with E-state index >= 15 is 0 Å². The van der Waals surface area contributed by atoms with Crippen molar-refractivity contribution in [3.05, 3.63) is 77.9 Å². The van der Waals surface area contributed by atoms with Crippen LogP contribution in [0.1, 0.15) is 28.9 Å². The highest BCUT2D eigenvalue weighted by molar-refractivity contribution is 6.05. The lowest BCUT2D eigenvalue weighted by Crippen LogP contribution is -2.37. The van der Waals surface area contributed by atoms with Gasteiger partial charge in [-0.2, -0.15) is 0 Å². The average Bonchev–Trinajstić information content (AvgIpc) is 3.20. The van der Waals surface area contributed by atoms with Crippen LogP contribution in [0.5, 0.6) is 0 Å². The second-order valence-electron chi connectivity index (χ2n) is 6.83. The summed E-state index contributed by atoms with van der Waals surface area (Å²) in [4.78, 5) is 19.4. The molecule has 1 aromatic heterocycles. The number of amides is 1. The molecular formula is C22H21FN2O2. The molecule has 1 aliphatic rings. The number of fused-ring (bicyclic) bond motifs is 1. The Labute approximate surface area is 157 Å². The summed E-state index contributed by atoms with van der Waals surface area (Å²) >= 11 is 0. The van der Waals surface area contributed by atoms with Crippen molar-refractivity contribution in [2.45, 2.75) is 25.5 Å². The van der Waals surface area contributed by atoms with Gasteiger partial charge in [-0.15, -0.1) is 0 Å². The average molecular weight is 364 g/mol. The molecule has 0 saturated carbocycles. The van der Waals surface area contributed by atoms with Crippen molar-refractivity contribution >= 4 is 16.7 Å². The molecule has 138 valence electrons. The number of rotatable bonds is 5. The van der Waals surface area contributed by atoms with Crippen LogP contribution in [-0.2, 0) is 11.3 Å². The van der Waals surface area contributed by atoms with Gasteiger partial charge in [-0.3, -0.25) is 9.78 Å². The molecule has 2 aromatic carbocycles. The zero-order valence-corrected chi connectivity index (χ0v) is 15.0. The van der Waals surface area contributed by atoms with Crippen LogP contribution < -0.4 is 0 Å². The minimum absolute atomic E-state index is 0.0116. The van der Waals surface area contributed by atoms with Gasteiger partial charge in [0.15, 0.2) is 0 Å². The van der Waals surface area contributed by atoms with Crippen molar-refractivity contribution in [3.8, 4) is 0 Å². The second kappa shape index (κ2) is 7.84. The molecule has 1 saturated heterocycles. The van der Waals surface area contributed by atoms with E-state index in [0.717, 1.165) is 35.8 Å². The van der Waals surface area contributed by atoms with Gasteiger partial charge in [-0.05, 0) is 42.0 Å². The van der Waals surface area contributed by atoms with Crippen molar-refractivity contribution in [2.75, 3.05) is 13.2 Å². The molecule has 0 aliphatic carbocycles. The molecule has 1 fully saturated rings. The molecule has 0 unspecified atom stereocenters. The van der Waals surface area contributed by atoms with Gasteiger partial charge in [-0.25, -0.2) is 4.39 Å². The molecule has 1 atom stereocenters. The Morgan fingerprint density at radius 3 is 2.89 bits per heavy atom. The summed E-state index contributed by atoms with van der Waals surface area (Å²) in [6.45, 7) is 1.51. The normalized spacial score (nSPS) is 16.6. The Kier molecular flexibility index (Phi) is 5.12. The minimum Gasteiger partial charge on any atom is -0.376 e. The largest absolute Gasteiger partial charge is 0.376 e. The van der Waals surface area contributed by atoms with E-state index in [1.165, 1.54) is 12.1 Å². The number of nitrogens with zero attached hydrogens (tertiary/aromatic N) is 2. The fourth-order valence-electron chi connectivity index (χ4n) is 3.55. The summed E-state index contributed by atoms with van der Waals surface area (Å²) in [5.41, 5.74) is 1.17. The van der Waals surface area contributed by atoms with Gasteiger partial charge < -0.3 is 9.64 Å². The number of benzene rings is 2. The van der Waals surface area contributed by atoms with E-state index < -0.39 is 0 Å². The fourth-order valence-corrected chi connectivity index (χ4v) is 3.55. The lowest BCUT2D eigenvalue weighted by Gasteiger charge is -2.26. The number of carbonyl (C=O) groups excluding carboxylic acids is 1. The number of aromatic nitrogens is 1. The molecule has 3 aromatic rings. The third-order valence-corrected chi connectivity index (χ3v) is 4.87. The maximum Gasteiger partial charge on any atom is 0.273 e. The van der Waals surface area contributed by atoms with Crippen LogP contribution in [0.4, 0.5) is 4.39 Å². The predicted octanol–water partition coefficient (Wildman–Crippen LogP) is 4.20. The number of carbonyl (C=O) groups is 1. The molecule has 1 aliphatic heterocycles. The highest BCUT2D eigenvalue weighted by Gasteiger charge is 2.25. The van der Waals surface area contributed by atoms with Gasteiger partial charge in [0.2, 0.25) is 0 Å². The van der Waals surface area contributed by atoms with E-state index in [-0.39, 0.29) is 17.8 Å². The van der Waals surface area contributed by atoms with Gasteiger partial charge >= 0.3 is 0 Å². The van der Waals surface area contributed by atoms with Crippen LogP contribution in [0, 0.1) is 5.82 Å². The van der Waals surface area contributed by atoms with Crippen LogP contribution in [0.2, 0.25) is 0 Å². The van der Waals surface area contributed by atoms with Crippen LogP contribution >= 0.6 is 0 Å². The molecule has 0 radical (unpaired) electrons. The predicted molar refractivity (Wildman–Crippen MR) is 102 cm³/mol. The van der Waals surface area contributed by atoms with E-state index in [4.69, 9.17) is 4.74 Å². The summed E-state index contributed by atoms with van der Waals surface area (Å²) in [6, 6.07) is 16.0. The van der Waals surface area contributed by atoms with Crippen LogP contribution in [0.15, 0.2) is 60.8 Å². The van der Waals surface area contributed by atoms with Crippen LogP contribution in [-0.4, -0.2) is 35.0 Å². The van der Waals surface area contributed by atoms with Gasteiger partial charge in [0.25, 0.3) is 5.91 Å². The maximum atomic E-state index is 13.6. The smallest absolute Gasteiger partial charge is 0.273 e.